The minimum atomic E-state index is -0.416. The van der Waals surface area contributed by atoms with E-state index in [1.54, 1.807) is 19.2 Å². The van der Waals surface area contributed by atoms with Gasteiger partial charge >= 0.3 is 0 Å². The van der Waals surface area contributed by atoms with E-state index in [4.69, 9.17) is 9.47 Å². The lowest BCUT2D eigenvalue weighted by molar-refractivity contribution is -0.384. The van der Waals surface area contributed by atoms with Crippen LogP contribution in [0.4, 0.5) is 5.69 Å². The monoisotopic (exact) mass is 393 g/mol. The zero-order valence-electron chi connectivity index (χ0n) is 15.2. The fourth-order valence-corrected chi connectivity index (χ4v) is 3.23. The number of para-hydroxylation sites is 1. The molecule has 0 aromatic heterocycles. The Hall–Kier alpha value is -2.35. The molecule has 1 N–H and O–H groups in total. The number of non-ortho nitro benzene ring substituents is 1. The number of nitrogens with zero attached hydrogens (tertiary/aromatic N) is 2. The van der Waals surface area contributed by atoms with Crippen LogP contribution in [0.1, 0.15) is 11.6 Å². The van der Waals surface area contributed by atoms with Crippen LogP contribution in [-0.2, 0) is 0 Å². The third-order valence-electron chi connectivity index (χ3n) is 4.53. The van der Waals surface area contributed by atoms with Crippen molar-refractivity contribution in [1.82, 2.24) is 10.2 Å². The normalized spacial score (nSPS) is 17.0. The summed E-state index contributed by atoms with van der Waals surface area (Å²) >= 11 is 0. The lowest BCUT2D eigenvalue weighted by Gasteiger charge is -2.36. The Labute approximate surface area is 164 Å². The number of hydrogen-bond donors (Lipinski definition) is 1. The van der Waals surface area contributed by atoms with Crippen LogP contribution in [0.15, 0.2) is 48.5 Å². The number of ether oxygens (including phenoxy) is 2. The van der Waals surface area contributed by atoms with Crippen LogP contribution in [0, 0.1) is 10.1 Å². The van der Waals surface area contributed by atoms with Gasteiger partial charge in [0.05, 0.1) is 24.1 Å². The standard InChI is InChI=1S/C19H23N3O4.ClH/c1-25-19-8-3-2-7-17(19)18-14-20-9-10-21(18)11-12-26-16-6-4-5-15(13-16)22(23)24;/h2-8,13,18,20H,9-12,14H2,1H3;1H. The summed E-state index contributed by atoms with van der Waals surface area (Å²) in [5.41, 5.74) is 1.19. The number of halogens is 1. The first-order chi connectivity index (χ1) is 12.7. The minimum absolute atomic E-state index is 0. The summed E-state index contributed by atoms with van der Waals surface area (Å²) in [6, 6.07) is 14.5. The van der Waals surface area contributed by atoms with Crippen LogP contribution in [0.25, 0.3) is 0 Å². The van der Waals surface area contributed by atoms with Crippen LogP contribution in [-0.4, -0.2) is 49.7 Å². The molecule has 1 aliphatic rings. The zero-order valence-corrected chi connectivity index (χ0v) is 16.0. The first kappa shape index (κ1) is 21.0. The largest absolute Gasteiger partial charge is 0.496 e. The van der Waals surface area contributed by atoms with Crippen molar-refractivity contribution in [3.8, 4) is 11.5 Å². The fraction of sp³-hybridized carbons (Fsp3) is 0.368. The van der Waals surface area contributed by atoms with Crippen molar-refractivity contribution in [2.75, 3.05) is 39.9 Å². The molecule has 1 saturated heterocycles. The van der Waals surface area contributed by atoms with E-state index in [9.17, 15) is 10.1 Å². The molecule has 27 heavy (non-hydrogen) atoms. The second kappa shape index (κ2) is 10.1. The summed E-state index contributed by atoms with van der Waals surface area (Å²) in [6.45, 7) is 3.86. The lowest BCUT2D eigenvalue weighted by atomic mass is 10.0. The quantitative estimate of drug-likeness (QED) is 0.575. The van der Waals surface area contributed by atoms with Crippen LogP contribution in [0.3, 0.4) is 0 Å². The van der Waals surface area contributed by atoms with Crippen LogP contribution < -0.4 is 14.8 Å². The van der Waals surface area contributed by atoms with Crippen molar-refractivity contribution in [1.29, 1.82) is 0 Å². The second-order valence-corrected chi connectivity index (χ2v) is 6.10. The van der Waals surface area contributed by atoms with Crippen molar-refractivity contribution in [2.45, 2.75) is 6.04 Å². The smallest absolute Gasteiger partial charge is 0.273 e. The number of nitro groups is 1. The van der Waals surface area contributed by atoms with Gasteiger partial charge in [-0.3, -0.25) is 15.0 Å². The highest BCUT2D eigenvalue weighted by Gasteiger charge is 2.25. The maximum Gasteiger partial charge on any atom is 0.273 e. The van der Waals surface area contributed by atoms with E-state index in [0.29, 0.717) is 12.4 Å². The van der Waals surface area contributed by atoms with E-state index >= 15 is 0 Å². The molecule has 2 aromatic rings. The second-order valence-electron chi connectivity index (χ2n) is 6.10. The molecule has 1 unspecified atom stereocenters. The van der Waals surface area contributed by atoms with Gasteiger partial charge in [-0.05, 0) is 12.1 Å². The van der Waals surface area contributed by atoms with E-state index in [2.05, 4.69) is 16.3 Å². The molecule has 146 valence electrons. The molecular weight excluding hydrogens is 370 g/mol. The molecule has 1 heterocycles. The minimum Gasteiger partial charge on any atom is -0.496 e. The molecule has 1 atom stereocenters. The number of rotatable bonds is 7. The Morgan fingerprint density at radius 1 is 1.26 bits per heavy atom. The van der Waals surface area contributed by atoms with Crippen molar-refractivity contribution < 1.29 is 14.4 Å². The maximum atomic E-state index is 10.9. The van der Waals surface area contributed by atoms with Gasteiger partial charge in [0.2, 0.25) is 0 Å². The number of nitro benzene ring substituents is 1. The fourth-order valence-electron chi connectivity index (χ4n) is 3.23. The number of nitrogens with one attached hydrogen (secondary N) is 1. The topological polar surface area (TPSA) is 76.9 Å². The van der Waals surface area contributed by atoms with Crippen LogP contribution in [0.5, 0.6) is 11.5 Å². The number of piperazine rings is 1. The number of benzene rings is 2. The van der Waals surface area contributed by atoms with Gasteiger partial charge in [-0.1, -0.05) is 24.3 Å². The van der Waals surface area contributed by atoms with Crippen molar-refractivity contribution in [3.05, 3.63) is 64.2 Å². The summed E-state index contributed by atoms with van der Waals surface area (Å²) in [4.78, 5) is 12.8. The molecule has 0 amide bonds. The molecule has 2 aromatic carbocycles. The Morgan fingerprint density at radius 2 is 2.07 bits per heavy atom. The average molecular weight is 394 g/mol. The molecule has 0 saturated carbocycles. The summed E-state index contributed by atoms with van der Waals surface area (Å²) in [5.74, 6) is 1.40. The Morgan fingerprint density at radius 3 is 2.85 bits per heavy atom. The van der Waals surface area contributed by atoms with Crippen LogP contribution in [0.2, 0.25) is 0 Å². The highest BCUT2D eigenvalue weighted by Crippen LogP contribution is 2.30. The van der Waals surface area contributed by atoms with Gasteiger partial charge in [-0.25, -0.2) is 0 Å². The van der Waals surface area contributed by atoms with E-state index < -0.39 is 4.92 Å². The lowest BCUT2D eigenvalue weighted by Crippen LogP contribution is -2.47. The molecule has 7 nitrogen and oxygen atoms in total. The molecule has 0 aliphatic carbocycles. The molecule has 0 spiro atoms. The molecule has 8 heteroatoms. The number of hydrogen-bond acceptors (Lipinski definition) is 6. The summed E-state index contributed by atoms with van der Waals surface area (Å²) in [7, 11) is 1.69. The van der Waals surface area contributed by atoms with Gasteiger partial charge in [0, 0.05) is 37.8 Å². The third kappa shape index (κ3) is 5.32. The molecule has 0 bridgehead atoms. The molecular formula is C19H24ClN3O4. The first-order valence-corrected chi connectivity index (χ1v) is 8.64. The zero-order chi connectivity index (χ0) is 18.4. The van der Waals surface area contributed by atoms with Gasteiger partial charge < -0.3 is 14.8 Å². The third-order valence-corrected chi connectivity index (χ3v) is 4.53. The van der Waals surface area contributed by atoms with Crippen molar-refractivity contribution >= 4 is 18.1 Å². The van der Waals surface area contributed by atoms with Gasteiger partial charge in [0.15, 0.2) is 0 Å². The number of methoxy groups -OCH3 is 1. The molecule has 1 aliphatic heterocycles. The van der Waals surface area contributed by atoms with Crippen LogP contribution >= 0.6 is 12.4 Å². The van der Waals surface area contributed by atoms with E-state index in [0.717, 1.165) is 37.5 Å². The molecule has 1 fully saturated rings. The van der Waals surface area contributed by atoms with Crippen molar-refractivity contribution in [2.24, 2.45) is 0 Å². The summed E-state index contributed by atoms with van der Waals surface area (Å²) in [5, 5.41) is 14.3. The van der Waals surface area contributed by atoms with E-state index in [1.807, 2.05) is 18.2 Å². The Bertz CT molecular complexity index is 759. The van der Waals surface area contributed by atoms with Gasteiger partial charge in [0.1, 0.15) is 18.1 Å². The maximum absolute atomic E-state index is 10.9. The summed E-state index contributed by atoms with van der Waals surface area (Å²) < 4.78 is 11.2. The predicted molar refractivity (Wildman–Crippen MR) is 106 cm³/mol. The van der Waals surface area contributed by atoms with E-state index in [1.165, 1.54) is 12.1 Å². The van der Waals surface area contributed by atoms with Gasteiger partial charge in [0.25, 0.3) is 5.69 Å². The van der Waals surface area contributed by atoms with Gasteiger partial charge in [-0.15, -0.1) is 12.4 Å². The molecule has 0 radical (unpaired) electrons. The first-order valence-electron chi connectivity index (χ1n) is 8.64. The highest BCUT2D eigenvalue weighted by atomic mass is 35.5. The van der Waals surface area contributed by atoms with E-state index in [-0.39, 0.29) is 24.1 Å². The highest BCUT2D eigenvalue weighted by molar-refractivity contribution is 5.85. The Balaban J connectivity index is 0.00000261. The predicted octanol–water partition coefficient (Wildman–Crippen LogP) is 3.05. The van der Waals surface area contributed by atoms with Crippen molar-refractivity contribution in [3.63, 3.8) is 0 Å². The molecule has 3 rings (SSSR count). The summed E-state index contributed by atoms with van der Waals surface area (Å²) in [6.07, 6.45) is 0. The SMILES string of the molecule is COc1ccccc1C1CNCCN1CCOc1cccc([N+](=O)[O-])c1.Cl. The Kier molecular flexibility index (Phi) is 7.84. The average Bonchev–Trinajstić information content (AvgIpc) is 2.68. The van der Waals surface area contributed by atoms with Gasteiger partial charge in [-0.2, -0.15) is 0 Å².